The van der Waals surface area contributed by atoms with E-state index in [1.165, 1.54) is 16.7 Å². The normalized spacial score (nSPS) is 14.5. The van der Waals surface area contributed by atoms with Gasteiger partial charge in [0.1, 0.15) is 29.1 Å². The summed E-state index contributed by atoms with van der Waals surface area (Å²) in [6.07, 6.45) is 1.77. The largest absolute Gasteiger partial charge is 0.460 e. The Morgan fingerprint density at radius 1 is 1.24 bits per heavy atom. The maximum atomic E-state index is 14.2. The van der Waals surface area contributed by atoms with Gasteiger partial charge in [-0.2, -0.15) is 10.5 Å². The minimum Gasteiger partial charge on any atom is -0.460 e. The molecule has 0 aliphatic carbocycles. The number of nitrogens with zero attached hydrogens (tertiary/aromatic N) is 5. The number of benzene rings is 1. The van der Waals surface area contributed by atoms with Crippen molar-refractivity contribution in [2.45, 2.75) is 45.6 Å². The maximum absolute atomic E-state index is 14.2. The fourth-order valence-corrected chi connectivity index (χ4v) is 3.89. The number of hydrogen-bond acceptors (Lipinski definition) is 7. The minimum absolute atomic E-state index is 0.0786. The molecular formula is C24H26FN5O3. The molecule has 0 N–H and O–H groups in total. The molecule has 1 saturated heterocycles. The first-order chi connectivity index (χ1) is 15.5. The van der Waals surface area contributed by atoms with Gasteiger partial charge in [0.15, 0.2) is 0 Å². The molecule has 1 aromatic heterocycles. The third-order valence-corrected chi connectivity index (χ3v) is 5.51. The van der Waals surface area contributed by atoms with Gasteiger partial charge in [0.05, 0.1) is 11.3 Å². The van der Waals surface area contributed by atoms with Crippen molar-refractivity contribution >= 4 is 11.9 Å². The van der Waals surface area contributed by atoms with Crippen LogP contribution in [0.4, 0.5) is 10.3 Å². The van der Waals surface area contributed by atoms with Crippen molar-refractivity contribution in [2.75, 3.05) is 18.0 Å². The standard InChI is InChI=1S/C24H26FN5O3/c1-24(2,3)33-20(31)11-15-7-9-30(10-8-15)23-28-21(18(14-27)22(32)29(23)4)16-5-6-17(13-26)19(25)12-16/h5-6,12,15H,7-11H2,1-4H3. The molecule has 33 heavy (non-hydrogen) atoms. The lowest BCUT2D eigenvalue weighted by Crippen LogP contribution is -2.39. The Morgan fingerprint density at radius 2 is 1.91 bits per heavy atom. The quantitative estimate of drug-likeness (QED) is 0.656. The smallest absolute Gasteiger partial charge is 0.306 e. The number of aromatic nitrogens is 2. The molecule has 0 spiro atoms. The van der Waals surface area contributed by atoms with Crippen LogP contribution < -0.4 is 10.5 Å². The summed E-state index contributed by atoms with van der Waals surface area (Å²) in [4.78, 5) is 31.5. The number of nitriles is 2. The molecule has 1 fully saturated rings. The molecule has 0 bridgehead atoms. The van der Waals surface area contributed by atoms with Crippen LogP contribution in [0.15, 0.2) is 23.0 Å². The van der Waals surface area contributed by atoms with E-state index in [1.54, 1.807) is 13.1 Å². The summed E-state index contributed by atoms with van der Waals surface area (Å²) in [6, 6.07) is 7.50. The van der Waals surface area contributed by atoms with E-state index in [0.717, 1.165) is 18.9 Å². The molecule has 172 valence electrons. The summed E-state index contributed by atoms with van der Waals surface area (Å²) < 4.78 is 20.9. The predicted octanol–water partition coefficient (Wildman–Crippen LogP) is 3.28. The van der Waals surface area contributed by atoms with Crippen molar-refractivity contribution in [3.8, 4) is 23.4 Å². The number of hydrogen-bond donors (Lipinski definition) is 0. The second-order valence-electron chi connectivity index (χ2n) is 9.14. The Kier molecular flexibility index (Phi) is 6.83. The Labute approximate surface area is 191 Å². The first-order valence-corrected chi connectivity index (χ1v) is 10.7. The van der Waals surface area contributed by atoms with Gasteiger partial charge < -0.3 is 9.64 Å². The van der Waals surface area contributed by atoms with E-state index in [2.05, 4.69) is 4.98 Å². The summed E-state index contributed by atoms with van der Waals surface area (Å²) in [5, 5.41) is 18.5. The molecule has 1 aromatic carbocycles. The SMILES string of the molecule is Cn1c(N2CCC(CC(=O)OC(C)(C)C)CC2)nc(-c2ccc(C#N)c(F)c2)c(C#N)c1=O. The van der Waals surface area contributed by atoms with Gasteiger partial charge in [0.25, 0.3) is 5.56 Å². The van der Waals surface area contributed by atoms with Crippen LogP contribution in [0.2, 0.25) is 0 Å². The van der Waals surface area contributed by atoms with E-state index in [9.17, 15) is 19.2 Å². The van der Waals surface area contributed by atoms with Gasteiger partial charge >= 0.3 is 5.97 Å². The molecule has 2 aromatic rings. The molecular weight excluding hydrogens is 425 g/mol. The number of rotatable bonds is 4. The van der Waals surface area contributed by atoms with Crippen LogP contribution in [0.3, 0.4) is 0 Å². The van der Waals surface area contributed by atoms with Gasteiger partial charge in [-0.05, 0) is 51.7 Å². The molecule has 0 unspecified atom stereocenters. The lowest BCUT2D eigenvalue weighted by molar-refractivity contribution is -0.156. The van der Waals surface area contributed by atoms with Crippen LogP contribution in [-0.2, 0) is 16.6 Å². The fourth-order valence-electron chi connectivity index (χ4n) is 3.89. The van der Waals surface area contributed by atoms with Gasteiger partial charge in [-0.3, -0.25) is 14.2 Å². The number of ether oxygens (including phenoxy) is 1. The number of anilines is 1. The van der Waals surface area contributed by atoms with E-state index in [-0.39, 0.29) is 34.3 Å². The maximum Gasteiger partial charge on any atom is 0.306 e. The summed E-state index contributed by atoms with van der Waals surface area (Å²) in [5.74, 6) is -0.436. The summed E-state index contributed by atoms with van der Waals surface area (Å²) in [6.45, 7) is 6.65. The number of carbonyl (C=O) groups is 1. The van der Waals surface area contributed by atoms with E-state index in [1.807, 2.05) is 31.7 Å². The van der Waals surface area contributed by atoms with E-state index >= 15 is 0 Å². The lowest BCUT2D eigenvalue weighted by atomic mass is 9.93. The second-order valence-corrected chi connectivity index (χ2v) is 9.14. The average Bonchev–Trinajstić information content (AvgIpc) is 2.74. The third kappa shape index (κ3) is 5.38. The zero-order chi connectivity index (χ0) is 24.3. The molecule has 1 aliphatic heterocycles. The zero-order valence-electron chi connectivity index (χ0n) is 19.2. The molecule has 8 nitrogen and oxygen atoms in total. The number of esters is 1. The van der Waals surface area contributed by atoms with Gasteiger partial charge in [0.2, 0.25) is 5.95 Å². The first-order valence-electron chi connectivity index (χ1n) is 10.7. The van der Waals surface area contributed by atoms with E-state index in [4.69, 9.17) is 10.00 Å². The Bertz CT molecular complexity index is 1210. The third-order valence-electron chi connectivity index (χ3n) is 5.51. The molecule has 2 heterocycles. The van der Waals surface area contributed by atoms with Crippen LogP contribution in [0, 0.1) is 34.4 Å². The molecule has 0 saturated carbocycles. The number of halogens is 1. The first kappa shape index (κ1) is 23.9. The van der Waals surface area contributed by atoms with Crippen LogP contribution in [0.1, 0.15) is 51.2 Å². The second kappa shape index (κ2) is 9.41. The predicted molar refractivity (Wildman–Crippen MR) is 120 cm³/mol. The van der Waals surface area contributed by atoms with Gasteiger partial charge in [-0.15, -0.1) is 0 Å². The summed E-state index contributed by atoms with van der Waals surface area (Å²) in [5.41, 5.74) is -1.04. The van der Waals surface area contributed by atoms with E-state index in [0.29, 0.717) is 25.5 Å². The molecule has 3 rings (SSSR count). The van der Waals surface area contributed by atoms with Gasteiger partial charge in [-0.1, -0.05) is 6.07 Å². The monoisotopic (exact) mass is 451 g/mol. The van der Waals surface area contributed by atoms with Crippen LogP contribution in [0.5, 0.6) is 0 Å². The Morgan fingerprint density at radius 3 is 2.45 bits per heavy atom. The highest BCUT2D eigenvalue weighted by Gasteiger charge is 2.27. The van der Waals surface area contributed by atoms with Crippen LogP contribution in [-0.4, -0.2) is 34.2 Å². The van der Waals surface area contributed by atoms with Crippen molar-refractivity contribution in [2.24, 2.45) is 13.0 Å². The topological polar surface area (TPSA) is 112 Å². The fraction of sp³-hybridized carbons (Fsp3) is 0.458. The average molecular weight is 452 g/mol. The van der Waals surface area contributed by atoms with Crippen molar-refractivity contribution in [3.63, 3.8) is 0 Å². The van der Waals surface area contributed by atoms with Gasteiger partial charge in [-0.25, -0.2) is 9.37 Å². The molecule has 9 heteroatoms. The van der Waals surface area contributed by atoms with Crippen LogP contribution >= 0.6 is 0 Å². The molecule has 0 amide bonds. The molecule has 0 radical (unpaired) electrons. The highest BCUT2D eigenvalue weighted by atomic mass is 19.1. The van der Waals surface area contributed by atoms with Crippen molar-refractivity contribution in [1.82, 2.24) is 9.55 Å². The lowest BCUT2D eigenvalue weighted by Gasteiger charge is -2.33. The van der Waals surface area contributed by atoms with Gasteiger partial charge in [0, 0.05) is 32.1 Å². The molecule has 1 aliphatic rings. The number of carbonyl (C=O) groups excluding carboxylic acids is 1. The summed E-state index contributed by atoms with van der Waals surface area (Å²) in [7, 11) is 1.54. The minimum atomic E-state index is -0.745. The number of piperidine rings is 1. The highest BCUT2D eigenvalue weighted by molar-refractivity contribution is 5.70. The van der Waals surface area contributed by atoms with Crippen molar-refractivity contribution in [1.29, 1.82) is 10.5 Å². The van der Waals surface area contributed by atoms with Crippen molar-refractivity contribution in [3.05, 3.63) is 45.5 Å². The molecule has 0 atom stereocenters. The van der Waals surface area contributed by atoms with E-state index < -0.39 is 17.0 Å². The van der Waals surface area contributed by atoms with Crippen molar-refractivity contribution < 1.29 is 13.9 Å². The summed E-state index contributed by atoms with van der Waals surface area (Å²) >= 11 is 0. The highest BCUT2D eigenvalue weighted by Crippen LogP contribution is 2.28. The van der Waals surface area contributed by atoms with Crippen LogP contribution in [0.25, 0.3) is 11.3 Å². The Hall–Kier alpha value is -3.72. The Balaban J connectivity index is 1.86. The zero-order valence-corrected chi connectivity index (χ0v) is 19.2.